The van der Waals surface area contributed by atoms with Crippen molar-refractivity contribution >= 4 is 19.8 Å². The van der Waals surface area contributed by atoms with Crippen LogP contribution in [-0.2, 0) is 32.7 Å². The van der Waals surface area contributed by atoms with E-state index in [0.29, 0.717) is 12.8 Å². The fourth-order valence-electron chi connectivity index (χ4n) is 5.50. The number of carbonyl (C=O) groups is 2. The molecule has 0 aromatic rings. The van der Waals surface area contributed by atoms with Gasteiger partial charge in [0.15, 0.2) is 6.10 Å². The van der Waals surface area contributed by atoms with E-state index < -0.39 is 51.8 Å². The number of hydrogen-bond acceptors (Lipinski definition) is 9. The molecule has 0 aliphatic carbocycles. The normalized spacial score (nSPS) is 13.9. The second-order valence-electron chi connectivity index (χ2n) is 13.4. The lowest BCUT2D eigenvalue weighted by Gasteiger charge is -2.20. The zero-order chi connectivity index (χ0) is 36.3. The van der Waals surface area contributed by atoms with Crippen molar-refractivity contribution in [3.63, 3.8) is 0 Å². The van der Waals surface area contributed by atoms with Crippen LogP contribution in [0.1, 0.15) is 180 Å². The highest BCUT2D eigenvalue weighted by Crippen LogP contribution is 2.43. The quantitative estimate of drug-likeness (QED) is 0.0244. The Balaban J connectivity index is 4.30. The Kier molecular flexibility index (Phi) is 34.2. The average molecular weight is 721 g/mol. The van der Waals surface area contributed by atoms with Gasteiger partial charge in [-0.2, -0.15) is 0 Å². The van der Waals surface area contributed by atoms with Crippen molar-refractivity contribution in [1.29, 1.82) is 0 Å². The molecule has 0 aliphatic rings. The van der Waals surface area contributed by atoms with Crippen molar-refractivity contribution in [3.05, 3.63) is 12.7 Å². The Labute approximate surface area is 298 Å². The number of unbranched alkanes of at least 4 members (excludes halogenated alkanes) is 23. The van der Waals surface area contributed by atoms with Crippen LogP contribution < -0.4 is 0 Å². The smallest absolute Gasteiger partial charge is 0.462 e. The molecule has 3 N–H and O–H groups in total. The van der Waals surface area contributed by atoms with E-state index in [4.69, 9.17) is 19.1 Å². The van der Waals surface area contributed by atoms with Gasteiger partial charge in [0.25, 0.3) is 0 Å². The molecule has 0 spiro atoms. The molecule has 3 atom stereocenters. The Morgan fingerprint density at radius 2 is 1.04 bits per heavy atom. The fraction of sp³-hybridized carbons (Fsp3) is 0.895. The summed E-state index contributed by atoms with van der Waals surface area (Å²) in [6.45, 7) is 3.89. The monoisotopic (exact) mass is 720 g/mol. The molecule has 0 amide bonds. The molecule has 0 rings (SSSR count). The first-order valence-electron chi connectivity index (χ1n) is 19.6. The second kappa shape index (κ2) is 35.1. The third-order valence-corrected chi connectivity index (χ3v) is 9.52. The van der Waals surface area contributed by atoms with Crippen molar-refractivity contribution in [2.45, 2.75) is 192 Å². The lowest BCUT2D eigenvalue weighted by molar-refractivity contribution is -0.161. The van der Waals surface area contributed by atoms with Crippen molar-refractivity contribution in [2.24, 2.45) is 0 Å². The van der Waals surface area contributed by atoms with Crippen molar-refractivity contribution in [3.8, 4) is 0 Å². The average Bonchev–Trinajstić information content (AvgIpc) is 3.09. The molecule has 0 aliphatic heterocycles. The van der Waals surface area contributed by atoms with E-state index in [1.807, 2.05) is 6.08 Å². The van der Waals surface area contributed by atoms with E-state index in [1.54, 1.807) is 0 Å². The molecule has 290 valence electrons. The van der Waals surface area contributed by atoms with E-state index in [-0.39, 0.29) is 19.4 Å². The van der Waals surface area contributed by atoms with E-state index in [0.717, 1.165) is 44.9 Å². The number of phosphoric ester groups is 1. The highest BCUT2D eigenvalue weighted by atomic mass is 31.2. The van der Waals surface area contributed by atoms with Crippen LogP contribution in [-0.4, -0.2) is 65.7 Å². The molecular weight excluding hydrogens is 647 g/mol. The van der Waals surface area contributed by atoms with E-state index in [1.165, 1.54) is 103 Å². The van der Waals surface area contributed by atoms with Gasteiger partial charge in [0.2, 0.25) is 0 Å². The van der Waals surface area contributed by atoms with Crippen molar-refractivity contribution in [2.75, 3.05) is 26.4 Å². The molecule has 11 heteroatoms. The summed E-state index contributed by atoms with van der Waals surface area (Å²) in [6.07, 6.45) is 29.3. The number of rotatable bonds is 38. The van der Waals surface area contributed by atoms with Crippen LogP contribution in [0.4, 0.5) is 0 Å². The summed E-state index contributed by atoms with van der Waals surface area (Å²) in [5.74, 6) is -0.922. The van der Waals surface area contributed by atoms with Gasteiger partial charge >= 0.3 is 19.8 Å². The van der Waals surface area contributed by atoms with Crippen LogP contribution >= 0.6 is 7.82 Å². The molecule has 0 radical (unpaired) electrons. The molecular formula is C38H73O10P. The van der Waals surface area contributed by atoms with Crippen molar-refractivity contribution < 1.29 is 47.8 Å². The minimum Gasteiger partial charge on any atom is -0.462 e. The van der Waals surface area contributed by atoms with Gasteiger partial charge in [-0.1, -0.05) is 148 Å². The molecule has 49 heavy (non-hydrogen) atoms. The molecule has 0 aromatic heterocycles. The van der Waals surface area contributed by atoms with Crippen molar-refractivity contribution in [1.82, 2.24) is 0 Å². The Morgan fingerprint density at radius 3 is 1.49 bits per heavy atom. The Bertz CT molecular complexity index is 824. The molecule has 0 heterocycles. The van der Waals surface area contributed by atoms with E-state index >= 15 is 0 Å². The number of ether oxygens (including phenoxy) is 2. The number of esters is 2. The highest BCUT2D eigenvalue weighted by molar-refractivity contribution is 7.47. The summed E-state index contributed by atoms with van der Waals surface area (Å²) in [6, 6.07) is 0. The molecule has 10 nitrogen and oxygen atoms in total. The minimum atomic E-state index is -4.60. The van der Waals surface area contributed by atoms with E-state index in [2.05, 4.69) is 18.0 Å². The van der Waals surface area contributed by atoms with Crippen LogP contribution in [0.3, 0.4) is 0 Å². The lowest BCUT2D eigenvalue weighted by Crippen LogP contribution is -2.29. The Hall–Kier alpha value is -1.29. The zero-order valence-corrected chi connectivity index (χ0v) is 31.9. The standard InChI is InChI=1S/C38H73O10P/c1-3-5-7-9-11-13-15-16-17-18-20-22-24-26-28-30-38(42)48-36(34-47-49(43,44)46-32-35(40)31-39)33-45-37(41)29-27-25-23-21-19-14-12-10-8-6-4-2/h3,35-36,39-40H,1,4-34H2,2H3,(H,43,44)/t35-,36+/m0/s1. The first kappa shape index (κ1) is 47.7. The number of carbonyl (C=O) groups excluding carboxylic acids is 2. The summed E-state index contributed by atoms with van der Waals surface area (Å²) >= 11 is 0. The Morgan fingerprint density at radius 1 is 0.633 bits per heavy atom. The minimum absolute atomic E-state index is 0.186. The molecule has 0 aromatic carbocycles. The third kappa shape index (κ3) is 34.9. The highest BCUT2D eigenvalue weighted by Gasteiger charge is 2.27. The van der Waals surface area contributed by atoms with E-state index in [9.17, 15) is 24.2 Å². The largest absolute Gasteiger partial charge is 0.472 e. The molecule has 0 bridgehead atoms. The fourth-order valence-corrected chi connectivity index (χ4v) is 6.29. The van der Waals surface area contributed by atoms with Gasteiger partial charge < -0.3 is 24.6 Å². The van der Waals surface area contributed by atoms with Crippen LogP contribution in [0.15, 0.2) is 12.7 Å². The van der Waals surface area contributed by atoms with Crippen LogP contribution in [0.5, 0.6) is 0 Å². The van der Waals surface area contributed by atoms with Gasteiger partial charge in [-0.05, 0) is 25.7 Å². The van der Waals surface area contributed by atoms with Gasteiger partial charge in [-0.15, -0.1) is 6.58 Å². The van der Waals surface area contributed by atoms with Crippen LogP contribution in [0.2, 0.25) is 0 Å². The predicted molar refractivity (Wildman–Crippen MR) is 196 cm³/mol. The molecule has 0 saturated heterocycles. The predicted octanol–water partition coefficient (Wildman–Crippen LogP) is 9.67. The summed E-state index contributed by atoms with van der Waals surface area (Å²) in [5.41, 5.74) is 0. The maximum atomic E-state index is 12.5. The van der Waals surface area contributed by atoms with Gasteiger partial charge in [0.1, 0.15) is 12.7 Å². The first-order valence-corrected chi connectivity index (χ1v) is 21.1. The second-order valence-corrected chi connectivity index (χ2v) is 14.9. The van der Waals surface area contributed by atoms with Gasteiger partial charge in [0.05, 0.1) is 19.8 Å². The maximum Gasteiger partial charge on any atom is 0.472 e. The lowest BCUT2D eigenvalue weighted by atomic mass is 10.0. The van der Waals surface area contributed by atoms with Gasteiger partial charge in [-0.3, -0.25) is 18.6 Å². The topological polar surface area (TPSA) is 149 Å². The molecule has 0 fully saturated rings. The molecule has 1 unspecified atom stereocenters. The van der Waals surface area contributed by atoms with Crippen LogP contribution in [0.25, 0.3) is 0 Å². The zero-order valence-electron chi connectivity index (χ0n) is 31.0. The van der Waals surface area contributed by atoms with Crippen LogP contribution in [0, 0.1) is 0 Å². The number of aliphatic hydroxyl groups excluding tert-OH is 2. The first-order chi connectivity index (χ1) is 23.7. The van der Waals surface area contributed by atoms with Gasteiger partial charge in [0, 0.05) is 12.8 Å². The number of aliphatic hydroxyl groups is 2. The summed E-state index contributed by atoms with van der Waals surface area (Å²) in [7, 11) is -4.60. The summed E-state index contributed by atoms with van der Waals surface area (Å²) in [4.78, 5) is 34.8. The number of hydrogen-bond donors (Lipinski definition) is 3. The van der Waals surface area contributed by atoms with Gasteiger partial charge in [-0.25, -0.2) is 4.57 Å². The number of allylic oxidation sites excluding steroid dienone is 1. The number of phosphoric acid groups is 1. The maximum absolute atomic E-state index is 12.5. The summed E-state index contributed by atoms with van der Waals surface area (Å²) in [5, 5.41) is 18.3. The SMILES string of the molecule is C=CCCCCCCCCCCCCCCCC(=O)O[C@H](COC(=O)CCCCCCCCCCCCC)COP(=O)(O)OC[C@@H](O)CO. The third-order valence-electron chi connectivity index (χ3n) is 8.57. The summed E-state index contributed by atoms with van der Waals surface area (Å²) < 4.78 is 32.6. The molecule has 0 saturated carbocycles.